The van der Waals surface area contributed by atoms with Crippen molar-refractivity contribution in [2.75, 3.05) is 0 Å². The first kappa shape index (κ1) is 24.4. The van der Waals surface area contributed by atoms with E-state index in [0.717, 1.165) is 0 Å². The molecule has 0 fully saturated rings. The zero-order valence-electron chi connectivity index (χ0n) is 13.9. The van der Waals surface area contributed by atoms with Crippen LogP contribution in [-0.4, -0.2) is 3.25 Å². The summed E-state index contributed by atoms with van der Waals surface area (Å²) in [4.78, 5) is 0. The second kappa shape index (κ2) is 19.2. The quantitative estimate of drug-likeness (QED) is 0.221. The van der Waals surface area contributed by atoms with E-state index in [2.05, 4.69) is 13.8 Å². The molecule has 0 radical (unpaired) electrons. The molecule has 0 atom stereocenters. The minimum Gasteiger partial charge on any atom is -0.0664 e. The molecule has 0 aliphatic rings. The number of hydrogen-bond donors (Lipinski definition) is 0. The topological polar surface area (TPSA) is 0 Å². The predicted molar refractivity (Wildman–Crippen MR) is 102 cm³/mol. The van der Waals surface area contributed by atoms with Crippen LogP contribution in [0.5, 0.6) is 0 Å². The van der Waals surface area contributed by atoms with Gasteiger partial charge >= 0.3 is 0 Å². The molecule has 0 saturated heterocycles. The van der Waals surface area contributed by atoms with E-state index in [0.29, 0.717) is 0 Å². The van der Waals surface area contributed by atoms with Crippen LogP contribution in [0.3, 0.4) is 0 Å². The highest BCUT2D eigenvalue weighted by atomic mass is 35.6. The van der Waals surface area contributed by atoms with Crippen molar-refractivity contribution in [2.45, 2.75) is 107 Å². The Labute approximate surface area is 153 Å². The molecule has 21 heavy (non-hydrogen) atoms. The minimum atomic E-state index is -1.61. The lowest BCUT2D eigenvalue weighted by Crippen LogP contribution is -1.82. The standard InChI is InChI=1S/C16H34.CCl4/c1-3-5-7-9-11-13-15-16-14-12-10-8-6-4-2;2-1(3,4)5/h3-16H2,1-2H3;. The summed E-state index contributed by atoms with van der Waals surface area (Å²) in [6, 6.07) is 0. The van der Waals surface area contributed by atoms with Gasteiger partial charge in [-0.3, -0.25) is 0 Å². The second-order valence-corrected chi connectivity index (χ2v) is 9.10. The SMILES string of the molecule is CCCCCCCCCCCCCCCC.ClC(Cl)(Cl)Cl. The predicted octanol–water partition coefficient (Wildman–Crippen LogP) is 9.04. The van der Waals surface area contributed by atoms with Crippen molar-refractivity contribution >= 4 is 46.4 Å². The van der Waals surface area contributed by atoms with E-state index in [4.69, 9.17) is 46.4 Å². The Morgan fingerprint density at radius 1 is 0.429 bits per heavy atom. The van der Waals surface area contributed by atoms with Crippen molar-refractivity contribution in [3.05, 3.63) is 0 Å². The molecule has 0 bridgehead atoms. The molecular formula is C17H34Cl4. The maximum atomic E-state index is 4.83. The van der Waals surface area contributed by atoms with Crippen LogP contribution in [0.4, 0.5) is 0 Å². The van der Waals surface area contributed by atoms with Gasteiger partial charge in [0.05, 0.1) is 0 Å². The van der Waals surface area contributed by atoms with Crippen molar-refractivity contribution in [2.24, 2.45) is 0 Å². The molecule has 0 amide bonds. The van der Waals surface area contributed by atoms with Crippen LogP contribution < -0.4 is 0 Å². The van der Waals surface area contributed by atoms with Crippen LogP contribution in [0.1, 0.15) is 104 Å². The highest BCUT2D eigenvalue weighted by molar-refractivity contribution is 6.83. The van der Waals surface area contributed by atoms with Gasteiger partial charge in [0, 0.05) is 0 Å². The largest absolute Gasteiger partial charge is 0.266 e. The van der Waals surface area contributed by atoms with Crippen LogP contribution in [0.15, 0.2) is 0 Å². The molecule has 0 aromatic rings. The van der Waals surface area contributed by atoms with Crippen molar-refractivity contribution in [3.63, 3.8) is 0 Å². The fourth-order valence-electron chi connectivity index (χ4n) is 2.27. The number of halogens is 4. The number of alkyl halides is 4. The third kappa shape index (κ3) is 38.7. The maximum absolute atomic E-state index is 4.83. The fourth-order valence-corrected chi connectivity index (χ4v) is 2.27. The number of rotatable bonds is 13. The van der Waals surface area contributed by atoms with Crippen LogP contribution in [0.25, 0.3) is 0 Å². The Hall–Kier alpha value is 1.16. The molecule has 0 saturated carbocycles. The van der Waals surface area contributed by atoms with Gasteiger partial charge in [-0.1, -0.05) is 150 Å². The molecular weight excluding hydrogens is 346 g/mol. The van der Waals surface area contributed by atoms with Gasteiger partial charge < -0.3 is 0 Å². The van der Waals surface area contributed by atoms with Gasteiger partial charge in [-0.2, -0.15) is 0 Å². The molecule has 0 aromatic heterocycles. The Balaban J connectivity index is 0. The Bertz CT molecular complexity index is 158. The molecule has 0 nitrogen and oxygen atoms in total. The van der Waals surface area contributed by atoms with E-state index in [9.17, 15) is 0 Å². The third-order valence-corrected chi connectivity index (χ3v) is 3.46. The van der Waals surface area contributed by atoms with Gasteiger partial charge in [0.1, 0.15) is 0 Å². The zero-order chi connectivity index (χ0) is 16.4. The molecule has 0 rings (SSSR count). The van der Waals surface area contributed by atoms with Gasteiger partial charge in [0.15, 0.2) is 0 Å². The first-order valence-electron chi connectivity index (χ1n) is 8.67. The summed E-state index contributed by atoms with van der Waals surface area (Å²) in [6.45, 7) is 4.58. The lowest BCUT2D eigenvalue weighted by atomic mass is 10.0. The van der Waals surface area contributed by atoms with E-state index in [-0.39, 0.29) is 0 Å². The molecule has 0 aromatic carbocycles. The fraction of sp³-hybridized carbons (Fsp3) is 1.00. The monoisotopic (exact) mass is 378 g/mol. The molecule has 0 spiro atoms. The molecule has 0 aliphatic carbocycles. The van der Waals surface area contributed by atoms with E-state index < -0.39 is 3.25 Å². The van der Waals surface area contributed by atoms with E-state index in [1.807, 2.05) is 0 Å². The third-order valence-electron chi connectivity index (χ3n) is 3.46. The Morgan fingerprint density at radius 3 is 0.714 bits per heavy atom. The van der Waals surface area contributed by atoms with Crippen LogP contribution in [-0.2, 0) is 0 Å². The van der Waals surface area contributed by atoms with E-state index in [1.54, 1.807) is 0 Å². The number of hydrogen-bond acceptors (Lipinski definition) is 0. The van der Waals surface area contributed by atoms with Crippen LogP contribution in [0, 0.1) is 0 Å². The average molecular weight is 380 g/mol. The zero-order valence-corrected chi connectivity index (χ0v) is 16.9. The smallest absolute Gasteiger partial charge is 0.0664 e. The summed E-state index contributed by atoms with van der Waals surface area (Å²) in [7, 11) is 0. The molecule has 0 heterocycles. The lowest BCUT2D eigenvalue weighted by Gasteiger charge is -2.02. The summed E-state index contributed by atoms with van der Waals surface area (Å²) in [5, 5.41) is 0. The second-order valence-electron chi connectivity index (χ2n) is 5.67. The summed E-state index contributed by atoms with van der Waals surface area (Å²) < 4.78 is -1.61. The molecule has 4 heteroatoms. The molecule has 130 valence electrons. The van der Waals surface area contributed by atoms with Gasteiger partial charge in [-0.15, -0.1) is 0 Å². The normalized spacial score (nSPS) is 11.1. The molecule has 0 unspecified atom stereocenters. The highest BCUT2D eigenvalue weighted by Gasteiger charge is 2.11. The molecule has 0 N–H and O–H groups in total. The number of unbranched alkanes of at least 4 members (excludes halogenated alkanes) is 13. The Morgan fingerprint density at radius 2 is 0.571 bits per heavy atom. The van der Waals surface area contributed by atoms with Crippen molar-refractivity contribution in [3.8, 4) is 0 Å². The van der Waals surface area contributed by atoms with Crippen molar-refractivity contribution in [1.29, 1.82) is 0 Å². The van der Waals surface area contributed by atoms with Gasteiger partial charge in [0.2, 0.25) is 0 Å². The average Bonchev–Trinajstić information content (AvgIpc) is 2.38. The summed E-state index contributed by atoms with van der Waals surface area (Å²) in [5.41, 5.74) is 0. The summed E-state index contributed by atoms with van der Waals surface area (Å²) in [5.74, 6) is 0. The summed E-state index contributed by atoms with van der Waals surface area (Å²) >= 11 is 19.3. The maximum Gasteiger partial charge on any atom is 0.266 e. The Kier molecular flexibility index (Phi) is 22.3. The van der Waals surface area contributed by atoms with E-state index in [1.165, 1.54) is 89.9 Å². The van der Waals surface area contributed by atoms with Gasteiger partial charge in [-0.25, -0.2) is 0 Å². The van der Waals surface area contributed by atoms with Crippen LogP contribution in [0.2, 0.25) is 0 Å². The van der Waals surface area contributed by atoms with E-state index >= 15 is 0 Å². The lowest BCUT2D eigenvalue weighted by molar-refractivity contribution is 0.538. The highest BCUT2D eigenvalue weighted by Crippen LogP contribution is 2.29. The minimum absolute atomic E-state index is 1.37. The van der Waals surface area contributed by atoms with Gasteiger partial charge in [-0.05, 0) is 0 Å². The first-order valence-corrected chi connectivity index (χ1v) is 10.2. The first-order chi connectivity index (χ1) is 9.91. The van der Waals surface area contributed by atoms with Crippen molar-refractivity contribution in [1.82, 2.24) is 0 Å². The van der Waals surface area contributed by atoms with Crippen molar-refractivity contribution < 1.29 is 0 Å². The van der Waals surface area contributed by atoms with Crippen LogP contribution >= 0.6 is 46.4 Å². The van der Waals surface area contributed by atoms with Gasteiger partial charge in [0.25, 0.3) is 3.25 Å². The molecule has 0 aliphatic heterocycles. The summed E-state index contributed by atoms with van der Waals surface area (Å²) in [6.07, 6.45) is 20.4.